The van der Waals surface area contributed by atoms with Crippen LogP contribution in [-0.2, 0) is 9.47 Å². The van der Waals surface area contributed by atoms with E-state index < -0.39 is 0 Å². The lowest BCUT2D eigenvalue weighted by atomic mass is 9.95. The number of hydrogen-bond donors (Lipinski definition) is 0. The van der Waals surface area contributed by atoms with E-state index in [4.69, 9.17) is 9.47 Å². The van der Waals surface area contributed by atoms with E-state index in [-0.39, 0.29) is 24.4 Å². The highest BCUT2D eigenvalue weighted by Gasteiger charge is 2.32. The molecule has 0 radical (unpaired) electrons. The predicted molar refractivity (Wildman–Crippen MR) is 143 cm³/mol. The van der Waals surface area contributed by atoms with Gasteiger partial charge in [-0.25, -0.2) is 0 Å². The van der Waals surface area contributed by atoms with Gasteiger partial charge in [0.15, 0.2) is 0 Å². The Morgan fingerprint density at radius 2 is 1.03 bits per heavy atom. The number of rotatable bonds is 6. The minimum atomic E-state index is -0.0266. The van der Waals surface area contributed by atoms with E-state index in [9.17, 15) is 0 Å². The molecule has 6 rings (SSSR count). The summed E-state index contributed by atoms with van der Waals surface area (Å²) < 4.78 is 13.0. The number of ether oxygens (including phenoxy) is 2. The van der Waals surface area contributed by atoms with Crippen LogP contribution in [0.5, 0.6) is 0 Å². The van der Waals surface area contributed by atoms with Crippen molar-refractivity contribution in [2.75, 3.05) is 0 Å². The van der Waals surface area contributed by atoms with Crippen molar-refractivity contribution in [1.82, 2.24) is 0 Å². The lowest BCUT2D eigenvalue weighted by Gasteiger charge is -2.20. The first-order chi connectivity index (χ1) is 17.0. The molecular weight excluding hydrogens is 428 g/mol. The summed E-state index contributed by atoms with van der Waals surface area (Å²) >= 11 is 0. The van der Waals surface area contributed by atoms with E-state index in [0.717, 1.165) is 6.42 Å². The maximum absolute atomic E-state index is 6.56. The zero-order chi connectivity index (χ0) is 24.1. The average Bonchev–Trinajstić information content (AvgIpc) is 3.36. The molecule has 0 bridgehead atoms. The highest BCUT2D eigenvalue weighted by Crippen LogP contribution is 2.49. The average molecular weight is 461 g/mol. The SMILES string of the molecule is CC[C@@H](C)OC1c2ccccc2-c2ccc(-c3ccc4c(c3)C(OC(C)C)c3ccccc3-4)cc21. The largest absolute Gasteiger partial charge is 0.366 e. The van der Waals surface area contributed by atoms with E-state index in [0.29, 0.717) is 0 Å². The highest BCUT2D eigenvalue weighted by atomic mass is 16.5. The first-order valence-corrected chi connectivity index (χ1v) is 12.8. The Morgan fingerprint density at radius 3 is 1.51 bits per heavy atom. The van der Waals surface area contributed by atoms with Crippen molar-refractivity contribution < 1.29 is 9.47 Å². The molecule has 0 saturated carbocycles. The fourth-order valence-corrected chi connectivity index (χ4v) is 5.58. The van der Waals surface area contributed by atoms with E-state index >= 15 is 0 Å². The van der Waals surface area contributed by atoms with Gasteiger partial charge in [-0.1, -0.05) is 79.7 Å². The maximum atomic E-state index is 6.56. The summed E-state index contributed by atoms with van der Waals surface area (Å²) in [5.74, 6) is 0. The minimum absolute atomic E-state index is 0.0215. The van der Waals surface area contributed by atoms with Crippen LogP contribution in [0.25, 0.3) is 33.4 Å². The van der Waals surface area contributed by atoms with E-state index in [2.05, 4.69) is 113 Å². The van der Waals surface area contributed by atoms with Crippen LogP contribution in [0.4, 0.5) is 0 Å². The summed E-state index contributed by atoms with van der Waals surface area (Å²) in [6.07, 6.45) is 1.30. The van der Waals surface area contributed by atoms with Crippen LogP contribution in [0, 0.1) is 0 Å². The predicted octanol–water partition coefficient (Wildman–Crippen LogP) is 8.73. The normalized spacial score (nSPS) is 18.2. The second kappa shape index (κ2) is 8.78. The Kier molecular flexibility index (Phi) is 5.59. The molecule has 0 saturated heterocycles. The van der Waals surface area contributed by atoms with Crippen LogP contribution in [0.1, 0.15) is 68.6 Å². The summed E-state index contributed by atoms with van der Waals surface area (Å²) in [5, 5.41) is 0. The quantitative estimate of drug-likeness (QED) is 0.286. The smallest absolute Gasteiger partial charge is 0.109 e. The Morgan fingerprint density at radius 1 is 0.571 bits per heavy atom. The third-order valence-electron chi connectivity index (χ3n) is 7.42. The van der Waals surface area contributed by atoms with E-state index in [1.165, 1.54) is 55.6 Å². The molecule has 0 aliphatic heterocycles. The highest BCUT2D eigenvalue weighted by molar-refractivity contribution is 5.84. The molecule has 4 aromatic carbocycles. The second-order valence-electron chi connectivity index (χ2n) is 10.1. The Balaban J connectivity index is 1.43. The number of benzene rings is 4. The summed E-state index contributed by atoms with van der Waals surface area (Å²) in [5.41, 5.74) is 12.6. The molecular formula is C33H32O2. The van der Waals surface area contributed by atoms with Crippen LogP contribution in [0.15, 0.2) is 84.9 Å². The van der Waals surface area contributed by atoms with Gasteiger partial charge in [-0.15, -0.1) is 0 Å². The van der Waals surface area contributed by atoms with Crippen LogP contribution in [-0.4, -0.2) is 12.2 Å². The van der Waals surface area contributed by atoms with Gasteiger partial charge in [-0.2, -0.15) is 0 Å². The van der Waals surface area contributed by atoms with Crippen molar-refractivity contribution in [3.8, 4) is 33.4 Å². The van der Waals surface area contributed by atoms with Crippen molar-refractivity contribution in [2.24, 2.45) is 0 Å². The molecule has 0 spiro atoms. The van der Waals surface area contributed by atoms with Gasteiger partial charge >= 0.3 is 0 Å². The summed E-state index contributed by atoms with van der Waals surface area (Å²) in [4.78, 5) is 0. The van der Waals surface area contributed by atoms with Gasteiger partial charge in [-0.05, 0) is 95.0 Å². The zero-order valence-corrected chi connectivity index (χ0v) is 20.9. The van der Waals surface area contributed by atoms with Crippen LogP contribution < -0.4 is 0 Å². The summed E-state index contributed by atoms with van der Waals surface area (Å²) in [6, 6.07) is 31.0. The van der Waals surface area contributed by atoms with Crippen molar-refractivity contribution in [3.05, 3.63) is 107 Å². The molecule has 4 aromatic rings. The fraction of sp³-hybridized carbons (Fsp3) is 0.273. The van der Waals surface area contributed by atoms with Gasteiger partial charge in [-0.3, -0.25) is 0 Å². The van der Waals surface area contributed by atoms with Crippen molar-refractivity contribution in [1.29, 1.82) is 0 Å². The Labute approximate surface area is 208 Å². The van der Waals surface area contributed by atoms with Gasteiger partial charge in [0.2, 0.25) is 0 Å². The molecule has 0 heterocycles. The standard InChI is InChI=1S/C33H32O2/c1-5-21(4)35-33-29-13-9-7-11-25(29)27-17-15-23(19-31(27)33)22-14-16-26-24-10-6-8-12-28(24)32(30(26)18-22)34-20(2)3/h6-21,32-33H,5H2,1-4H3/t21-,32?,33?/m1/s1. The monoisotopic (exact) mass is 460 g/mol. The molecule has 2 heteroatoms. The molecule has 0 N–H and O–H groups in total. The fourth-order valence-electron chi connectivity index (χ4n) is 5.58. The van der Waals surface area contributed by atoms with Crippen LogP contribution in [0.3, 0.4) is 0 Å². The lowest BCUT2D eigenvalue weighted by molar-refractivity contribution is 0.0197. The van der Waals surface area contributed by atoms with Crippen LogP contribution >= 0.6 is 0 Å². The number of hydrogen-bond acceptors (Lipinski definition) is 2. The molecule has 2 nitrogen and oxygen atoms in total. The van der Waals surface area contributed by atoms with E-state index in [1.54, 1.807) is 0 Å². The Bertz CT molecular complexity index is 1400. The maximum Gasteiger partial charge on any atom is 0.109 e. The third-order valence-corrected chi connectivity index (χ3v) is 7.42. The topological polar surface area (TPSA) is 18.5 Å². The second-order valence-corrected chi connectivity index (χ2v) is 10.1. The summed E-state index contributed by atoms with van der Waals surface area (Å²) in [6.45, 7) is 8.57. The molecule has 35 heavy (non-hydrogen) atoms. The first-order valence-electron chi connectivity index (χ1n) is 12.8. The molecule has 3 atom stereocenters. The first kappa shape index (κ1) is 22.3. The van der Waals surface area contributed by atoms with Gasteiger partial charge in [0.05, 0.1) is 12.2 Å². The Hall–Kier alpha value is -3.20. The molecule has 0 fully saturated rings. The molecule has 2 aliphatic carbocycles. The van der Waals surface area contributed by atoms with Crippen molar-refractivity contribution in [3.63, 3.8) is 0 Å². The third kappa shape index (κ3) is 3.73. The molecule has 0 amide bonds. The molecule has 0 aromatic heterocycles. The zero-order valence-electron chi connectivity index (χ0n) is 20.9. The molecule has 2 aliphatic rings. The molecule has 2 unspecified atom stereocenters. The molecule has 176 valence electrons. The van der Waals surface area contributed by atoms with E-state index in [1.807, 2.05) is 0 Å². The van der Waals surface area contributed by atoms with Crippen molar-refractivity contribution >= 4 is 0 Å². The van der Waals surface area contributed by atoms with Gasteiger partial charge in [0, 0.05) is 0 Å². The number of fused-ring (bicyclic) bond motifs is 6. The lowest BCUT2D eigenvalue weighted by Crippen LogP contribution is -2.12. The van der Waals surface area contributed by atoms with Gasteiger partial charge in [0.25, 0.3) is 0 Å². The van der Waals surface area contributed by atoms with Gasteiger partial charge in [0.1, 0.15) is 12.2 Å². The van der Waals surface area contributed by atoms with Crippen molar-refractivity contribution in [2.45, 2.75) is 58.5 Å². The van der Waals surface area contributed by atoms with Crippen LogP contribution in [0.2, 0.25) is 0 Å². The van der Waals surface area contributed by atoms with Gasteiger partial charge < -0.3 is 9.47 Å². The minimum Gasteiger partial charge on any atom is -0.366 e. The summed E-state index contributed by atoms with van der Waals surface area (Å²) in [7, 11) is 0.